The Balaban J connectivity index is 2.24. The zero-order valence-corrected chi connectivity index (χ0v) is 11.4. The molecule has 0 unspecified atom stereocenters. The number of methoxy groups -OCH3 is 1. The second-order valence-corrected chi connectivity index (χ2v) is 4.64. The van der Waals surface area contributed by atoms with Crippen molar-refractivity contribution in [3.05, 3.63) is 40.4 Å². The van der Waals surface area contributed by atoms with Crippen molar-refractivity contribution in [2.45, 2.75) is 0 Å². The zero-order valence-electron chi connectivity index (χ0n) is 9.84. The van der Waals surface area contributed by atoms with E-state index in [1.54, 1.807) is 42.0 Å². The Morgan fingerprint density at radius 2 is 1.95 bits per heavy atom. The number of hydrogen-bond acceptors (Lipinski definition) is 4. The Bertz CT molecular complexity index is 757. The van der Waals surface area contributed by atoms with E-state index >= 15 is 0 Å². The van der Waals surface area contributed by atoms with Crippen LogP contribution in [0.1, 0.15) is 0 Å². The molecule has 0 amide bonds. The highest BCUT2D eigenvalue weighted by molar-refractivity contribution is 6.36. The van der Waals surface area contributed by atoms with Gasteiger partial charge in [-0.3, -0.25) is 0 Å². The van der Waals surface area contributed by atoms with E-state index < -0.39 is 0 Å². The van der Waals surface area contributed by atoms with Crippen LogP contribution in [0.5, 0.6) is 5.88 Å². The monoisotopic (exact) mass is 294 g/mol. The highest BCUT2D eigenvalue weighted by Gasteiger charge is 2.13. The second-order valence-electron chi connectivity index (χ2n) is 3.79. The Kier molecular flexibility index (Phi) is 3.00. The number of aromatic nitrogens is 4. The minimum absolute atomic E-state index is 0.471. The van der Waals surface area contributed by atoms with E-state index in [0.717, 1.165) is 0 Å². The predicted molar refractivity (Wildman–Crippen MR) is 72.8 cm³/mol. The van der Waals surface area contributed by atoms with Gasteiger partial charge in [-0.15, -0.1) is 15.3 Å². The highest BCUT2D eigenvalue weighted by Crippen LogP contribution is 2.29. The average molecular weight is 295 g/mol. The van der Waals surface area contributed by atoms with E-state index in [-0.39, 0.29) is 0 Å². The molecular formula is C12H8Cl2N4O. The first-order valence-corrected chi connectivity index (χ1v) is 6.16. The van der Waals surface area contributed by atoms with Gasteiger partial charge >= 0.3 is 0 Å². The molecular weight excluding hydrogens is 287 g/mol. The van der Waals surface area contributed by atoms with Gasteiger partial charge in [-0.05, 0) is 24.3 Å². The molecule has 1 aromatic carbocycles. The molecule has 0 aliphatic heterocycles. The van der Waals surface area contributed by atoms with Crippen molar-refractivity contribution < 1.29 is 4.74 Å². The summed E-state index contributed by atoms with van der Waals surface area (Å²) in [6, 6.07) is 8.66. The molecule has 3 aromatic rings. The number of rotatable bonds is 2. The maximum atomic E-state index is 6.17. The summed E-state index contributed by atoms with van der Waals surface area (Å²) in [6.45, 7) is 0. The first-order valence-electron chi connectivity index (χ1n) is 5.41. The van der Waals surface area contributed by atoms with Crippen molar-refractivity contribution in [1.82, 2.24) is 19.8 Å². The lowest BCUT2D eigenvalue weighted by molar-refractivity contribution is 0.390. The minimum atomic E-state index is 0.471. The van der Waals surface area contributed by atoms with Gasteiger partial charge in [0.1, 0.15) is 0 Å². The maximum Gasteiger partial charge on any atom is 0.231 e. The summed E-state index contributed by atoms with van der Waals surface area (Å²) in [5.74, 6) is 1.01. The van der Waals surface area contributed by atoms with Gasteiger partial charge in [0.15, 0.2) is 11.5 Å². The van der Waals surface area contributed by atoms with Crippen LogP contribution < -0.4 is 4.74 Å². The van der Waals surface area contributed by atoms with Crippen LogP contribution in [-0.4, -0.2) is 26.9 Å². The van der Waals surface area contributed by atoms with E-state index in [1.807, 2.05) is 0 Å². The van der Waals surface area contributed by atoms with Gasteiger partial charge in [-0.25, -0.2) is 0 Å². The molecule has 0 radical (unpaired) electrons. The molecule has 0 saturated heterocycles. The highest BCUT2D eigenvalue weighted by atomic mass is 35.5. The fourth-order valence-electron chi connectivity index (χ4n) is 1.72. The topological polar surface area (TPSA) is 52.3 Å². The van der Waals surface area contributed by atoms with Gasteiger partial charge in [0.05, 0.1) is 12.1 Å². The third kappa shape index (κ3) is 2.11. The number of benzene rings is 1. The third-order valence-electron chi connectivity index (χ3n) is 2.62. The van der Waals surface area contributed by atoms with Gasteiger partial charge in [0.25, 0.3) is 0 Å². The van der Waals surface area contributed by atoms with E-state index in [2.05, 4.69) is 15.3 Å². The van der Waals surface area contributed by atoms with Crippen LogP contribution >= 0.6 is 23.2 Å². The molecule has 0 aliphatic rings. The molecule has 2 heterocycles. The molecule has 19 heavy (non-hydrogen) atoms. The van der Waals surface area contributed by atoms with E-state index in [0.29, 0.717) is 33.0 Å². The SMILES string of the molecule is COc1ccc2nnc(-c3ccc(Cl)cc3Cl)n2n1. The van der Waals surface area contributed by atoms with Gasteiger partial charge in [0.2, 0.25) is 5.88 Å². The number of halogens is 2. The number of ether oxygens (including phenoxy) is 1. The first kappa shape index (κ1) is 12.2. The van der Waals surface area contributed by atoms with Crippen molar-refractivity contribution in [1.29, 1.82) is 0 Å². The number of fused-ring (bicyclic) bond motifs is 1. The van der Waals surface area contributed by atoms with Crippen LogP contribution in [0, 0.1) is 0 Å². The van der Waals surface area contributed by atoms with Crippen LogP contribution in [0.4, 0.5) is 0 Å². The molecule has 96 valence electrons. The standard InChI is InChI=1S/C12H8Cl2N4O/c1-19-11-5-4-10-15-16-12(18(10)17-11)8-3-2-7(13)6-9(8)14/h2-6H,1H3. The summed E-state index contributed by atoms with van der Waals surface area (Å²) < 4.78 is 6.67. The molecule has 0 atom stereocenters. The average Bonchev–Trinajstić information content (AvgIpc) is 2.81. The van der Waals surface area contributed by atoms with Crippen molar-refractivity contribution in [2.75, 3.05) is 7.11 Å². The molecule has 0 spiro atoms. The predicted octanol–water partition coefficient (Wildman–Crippen LogP) is 3.11. The smallest absolute Gasteiger partial charge is 0.231 e. The van der Waals surface area contributed by atoms with Crippen LogP contribution in [0.2, 0.25) is 10.0 Å². The van der Waals surface area contributed by atoms with Gasteiger partial charge < -0.3 is 4.74 Å². The number of nitrogens with zero attached hydrogens (tertiary/aromatic N) is 4. The fourth-order valence-corrected chi connectivity index (χ4v) is 2.21. The zero-order chi connectivity index (χ0) is 13.4. The van der Waals surface area contributed by atoms with Gasteiger partial charge in [0, 0.05) is 16.7 Å². The Labute approximate surface area is 118 Å². The molecule has 7 heteroatoms. The molecule has 0 bridgehead atoms. The third-order valence-corrected chi connectivity index (χ3v) is 3.17. The summed E-state index contributed by atoms with van der Waals surface area (Å²) in [5.41, 5.74) is 1.32. The lowest BCUT2D eigenvalue weighted by Crippen LogP contribution is -1.98. The summed E-state index contributed by atoms with van der Waals surface area (Å²) in [6.07, 6.45) is 0. The molecule has 5 nitrogen and oxygen atoms in total. The fraction of sp³-hybridized carbons (Fsp3) is 0.0833. The summed E-state index contributed by atoms with van der Waals surface area (Å²) in [5, 5.41) is 13.5. The normalized spacial score (nSPS) is 10.9. The molecule has 0 fully saturated rings. The van der Waals surface area contributed by atoms with Crippen molar-refractivity contribution in [2.24, 2.45) is 0 Å². The van der Waals surface area contributed by atoms with Crippen LogP contribution in [0.15, 0.2) is 30.3 Å². The van der Waals surface area contributed by atoms with E-state index in [1.165, 1.54) is 0 Å². The lowest BCUT2D eigenvalue weighted by atomic mass is 10.2. The van der Waals surface area contributed by atoms with Crippen molar-refractivity contribution in [3.63, 3.8) is 0 Å². The second kappa shape index (κ2) is 4.68. The lowest BCUT2D eigenvalue weighted by Gasteiger charge is -2.03. The maximum absolute atomic E-state index is 6.17. The van der Waals surface area contributed by atoms with Crippen LogP contribution in [0.25, 0.3) is 17.0 Å². The minimum Gasteiger partial charge on any atom is -0.480 e. The van der Waals surface area contributed by atoms with Crippen molar-refractivity contribution in [3.8, 4) is 17.3 Å². The Morgan fingerprint density at radius 1 is 1.11 bits per heavy atom. The quantitative estimate of drug-likeness (QED) is 0.729. The largest absolute Gasteiger partial charge is 0.480 e. The Hall–Kier alpha value is -1.85. The van der Waals surface area contributed by atoms with E-state index in [4.69, 9.17) is 27.9 Å². The van der Waals surface area contributed by atoms with Crippen LogP contribution in [0.3, 0.4) is 0 Å². The molecule has 0 N–H and O–H groups in total. The van der Waals surface area contributed by atoms with Gasteiger partial charge in [-0.2, -0.15) is 4.52 Å². The summed E-state index contributed by atoms with van der Waals surface area (Å²) in [4.78, 5) is 0. The van der Waals surface area contributed by atoms with Crippen LogP contribution in [-0.2, 0) is 0 Å². The van der Waals surface area contributed by atoms with E-state index in [9.17, 15) is 0 Å². The Morgan fingerprint density at radius 3 is 2.68 bits per heavy atom. The summed E-state index contributed by atoms with van der Waals surface area (Å²) in [7, 11) is 1.55. The molecule has 3 rings (SSSR count). The summed E-state index contributed by atoms with van der Waals surface area (Å²) >= 11 is 12.1. The number of hydrogen-bond donors (Lipinski definition) is 0. The molecule has 0 aliphatic carbocycles. The molecule has 2 aromatic heterocycles. The van der Waals surface area contributed by atoms with Gasteiger partial charge in [-0.1, -0.05) is 23.2 Å². The van der Waals surface area contributed by atoms with Crippen molar-refractivity contribution >= 4 is 28.8 Å². The molecule has 0 saturated carbocycles. The first-order chi connectivity index (χ1) is 9.19.